The number of alkyl halides is 6. The average Bonchev–Trinajstić information content (AvgIpc) is 3.67. The fraction of sp³-hybridized carbons (Fsp3) is 0.259. The van der Waals surface area contributed by atoms with Crippen LogP contribution in [0.1, 0.15) is 47.0 Å². The first-order chi connectivity index (χ1) is 18.8. The number of fused-ring (bicyclic) bond motifs is 3. The molecule has 0 N–H and O–H groups in total. The van der Waals surface area contributed by atoms with Crippen molar-refractivity contribution in [2.45, 2.75) is 44.6 Å². The van der Waals surface area contributed by atoms with Crippen LogP contribution in [-0.2, 0) is 18.9 Å². The van der Waals surface area contributed by atoms with Crippen LogP contribution < -0.4 is 5.56 Å². The van der Waals surface area contributed by atoms with Gasteiger partial charge in [-0.15, -0.1) is 11.3 Å². The first-order valence-corrected chi connectivity index (χ1v) is 13.2. The molecule has 206 valence electrons. The zero-order chi connectivity index (χ0) is 28.6. The van der Waals surface area contributed by atoms with Gasteiger partial charge in [0.2, 0.25) is 0 Å². The number of hydrogen-bond acceptors (Lipinski definition) is 5. The Bertz CT molecular complexity index is 1860. The van der Waals surface area contributed by atoms with Crippen LogP contribution >= 0.6 is 22.9 Å². The number of hydrogen-bond donors (Lipinski definition) is 0. The number of halogens is 7. The Morgan fingerprint density at radius 3 is 2.30 bits per heavy atom. The molecule has 0 aliphatic heterocycles. The standard InChI is InChI=1S/C27H17ClF6N4OS/c1-12-17(28)7-5-15-20-24(40-22(12)15)37-23(16-6-9-19(27(32,33)34)36-21(16)14-3-4-14)38(25(20)39)11-13-2-8-18(35-10-13)26(29,30)31/h2,5-10,14H,3-4,11H2,1H3. The van der Waals surface area contributed by atoms with E-state index in [1.165, 1.54) is 28.0 Å². The van der Waals surface area contributed by atoms with Gasteiger partial charge >= 0.3 is 12.4 Å². The van der Waals surface area contributed by atoms with Crippen LogP contribution in [-0.4, -0.2) is 19.5 Å². The molecule has 0 atom stereocenters. The summed E-state index contributed by atoms with van der Waals surface area (Å²) in [5, 5.41) is 1.40. The zero-order valence-electron chi connectivity index (χ0n) is 20.5. The Morgan fingerprint density at radius 2 is 1.68 bits per heavy atom. The molecule has 6 rings (SSSR count). The Balaban J connectivity index is 1.61. The summed E-state index contributed by atoms with van der Waals surface area (Å²) in [7, 11) is 0. The summed E-state index contributed by atoms with van der Waals surface area (Å²) in [4.78, 5) is 26.6. The maximum atomic E-state index is 14.0. The van der Waals surface area contributed by atoms with Crippen molar-refractivity contribution in [1.29, 1.82) is 0 Å². The lowest BCUT2D eigenvalue weighted by Gasteiger charge is -2.17. The van der Waals surface area contributed by atoms with E-state index < -0.39 is 29.3 Å². The molecule has 0 spiro atoms. The number of aromatic nitrogens is 4. The van der Waals surface area contributed by atoms with Crippen LogP contribution in [0, 0.1) is 6.92 Å². The Hall–Kier alpha value is -3.51. The molecule has 5 nitrogen and oxygen atoms in total. The van der Waals surface area contributed by atoms with Crippen LogP contribution in [0.3, 0.4) is 0 Å². The van der Waals surface area contributed by atoms with Gasteiger partial charge in [0.1, 0.15) is 22.0 Å². The third kappa shape index (κ3) is 4.62. The van der Waals surface area contributed by atoms with E-state index in [1.54, 1.807) is 19.1 Å². The number of pyridine rings is 2. The van der Waals surface area contributed by atoms with Crippen LogP contribution in [0.2, 0.25) is 5.02 Å². The van der Waals surface area contributed by atoms with Crippen molar-refractivity contribution < 1.29 is 26.3 Å². The number of thiophene rings is 1. The molecule has 0 saturated heterocycles. The second-order valence-corrected chi connectivity index (χ2v) is 11.0. The summed E-state index contributed by atoms with van der Waals surface area (Å²) < 4.78 is 81.7. The molecule has 0 amide bonds. The molecule has 0 bridgehead atoms. The van der Waals surface area contributed by atoms with Gasteiger partial charge in [-0.1, -0.05) is 23.7 Å². The van der Waals surface area contributed by atoms with Crippen LogP contribution in [0.4, 0.5) is 26.3 Å². The molecule has 1 aliphatic carbocycles. The molecule has 1 aromatic carbocycles. The van der Waals surface area contributed by atoms with Crippen LogP contribution in [0.15, 0.2) is 47.4 Å². The highest BCUT2D eigenvalue weighted by Gasteiger charge is 2.37. The van der Waals surface area contributed by atoms with Crippen molar-refractivity contribution in [3.8, 4) is 11.4 Å². The highest BCUT2D eigenvalue weighted by molar-refractivity contribution is 7.25. The van der Waals surface area contributed by atoms with E-state index >= 15 is 0 Å². The summed E-state index contributed by atoms with van der Waals surface area (Å²) >= 11 is 7.53. The summed E-state index contributed by atoms with van der Waals surface area (Å²) in [5.74, 6) is -0.148. The molecule has 1 aliphatic rings. The topological polar surface area (TPSA) is 60.7 Å². The first-order valence-electron chi connectivity index (χ1n) is 12.1. The predicted octanol–water partition coefficient (Wildman–Crippen LogP) is 7.99. The fourth-order valence-corrected chi connectivity index (χ4v) is 6.02. The SMILES string of the molecule is Cc1c(Cl)ccc2c1sc1nc(-c3ccc(C(F)(F)F)nc3C3CC3)n(Cc3ccc(C(F)(F)F)nc3)c(=O)c12. The quantitative estimate of drug-likeness (QED) is 0.198. The van der Waals surface area contributed by atoms with Crippen molar-refractivity contribution >= 4 is 43.2 Å². The summed E-state index contributed by atoms with van der Waals surface area (Å²) in [5.41, 5.74) is -1.15. The minimum Gasteiger partial charge on any atom is -0.287 e. The van der Waals surface area contributed by atoms with E-state index in [2.05, 4.69) is 9.97 Å². The van der Waals surface area contributed by atoms with E-state index in [0.717, 1.165) is 28.6 Å². The van der Waals surface area contributed by atoms with Crippen molar-refractivity contribution in [2.24, 2.45) is 0 Å². The summed E-state index contributed by atoms with van der Waals surface area (Å²) in [6.07, 6.45) is -7.01. The Kier molecular flexibility index (Phi) is 6.19. The number of nitrogens with zero attached hydrogens (tertiary/aromatic N) is 4. The molecule has 1 saturated carbocycles. The van der Waals surface area contributed by atoms with E-state index in [4.69, 9.17) is 16.6 Å². The molecule has 40 heavy (non-hydrogen) atoms. The Morgan fingerprint density at radius 1 is 0.975 bits per heavy atom. The van der Waals surface area contributed by atoms with Gasteiger partial charge in [0.15, 0.2) is 0 Å². The van der Waals surface area contributed by atoms with Crippen LogP contribution in [0.25, 0.3) is 31.7 Å². The van der Waals surface area contributed by atoms with Gasteiger partial charge < -0.3 is 0 Å². The zero-order valence-corrected chi connectivity index (χ0v) is 22.1. The lowest BCUT2D eigenvalue weighted by atomic mass is 10.1. The fourth-order valence-electron chi connectivity index (χ4n) is 4.64. The monoisotopic (exact) mass is 594 g/mol. The lowest BCUT2D eigenvalue weighted by molar-refractivity contribution is -0.142. The van der Waals surface area contributed by atoms with E-state index in [9.17, 15) is 31.1 Å². The maximum absolute atomic E-state index is 14.0. The van der Waals surface area contributed by atoms with E-state index in [-0.39, 0.29) is 40.5 Å². The normalized spacial score (nSPS) is 14.4. The highest BCUT2D eigenvalue weighted by Crippen LogP contribution is 2.45. The molecule has 0 unspecified atom stereocenters. The highest BCUT2D eigenvalue weighted by atomic mass is 35.5. The van der Waals surface area contributed by atoms with Crippen LogP contribution in [0.5, 0.6) is 0 Å². The molecule has 0 radical (unpaired) electrons. The van der Waals surface area contributed by atoms with Gasteiger partial charge in [0, 0.05) is 32.8 Å². The second-order valence-electron chi connectivity index (χ2n) is 9.61. The van der Waals surface area contributed by atoms with Gasteiger partial charge in [-0.05, 0) is 55.2 Å². The van der Waals surface area contributed by atoms with Crippen molar-refractivity contribution in [1.82, 2.24) is 19.5 Å². The van der Waals surface area contributed by atoms with Gasteiger partial charge in [-0.3, -0.25) is 14.3 Å². The maximum Gasteiger partial charge on any atom is 0.433 e. The van der Waals surface area contributed by atoms with Gasteiger partial charge in [-0.2, -0.15) is 26.3 Å². The third-order valence-electron chi connectivity index (χ3n) is 6.82. The molecule has 5 aromatic rings. The van der Waals surface area contributed by atoms with Crippen molar-refractivity contribution in [2.75, 3.05) is 0 Å². The number of benzene rings is 1. The smallest absolute Gasteiger partial charge is 0.287 e. The van der Waals surface area contributed by atoms with Crippen molar-refractivity contribution in [3.05, 3.63) is 86.2 Å². The van der Waals surface area contributed by atoms with Gasteiger partial charge in [0.05, 0.1) is 17.6 Å². The van der Waals surface area contributed by atoms with E-state index in [0.29, 0.717) is 28.1 Å². The molecule has 13 heteroatoms. The summed E-state index contributed by atoms with van der Waals surface area (Å²) in [6.45, 7) is 1.59. The van der Waals surface area contributed by atoms with Gasteiger partial charge in [0.25, 0.3) is 5.56 Å². The minimum atomic E-state index is -4.66. The molecular formula is C27H17ClF6N4OS. The second kappa shape index (κ2) is 9.27. The first kappa shape index (κ1) is 26.7. The molecule has 4 heterocycles. The largest absolute Gasteiger partial charge is 0.433 e. The molecule has 1 fully saturated rings. The molecular weight excluding hydrogens is 578 g/mol. The van der Waals surface area contributed by atoms with Crippen molar-refractivity contribution in [3.63, 3.8) is 0 Å². The number of aryl methyl sites for hydroxylation is 1. The number of rotatable bonds is 4. The van der Waals surface area contributed by atoms with Gasteiger partial charge in [-0.25, -0.2) is 9.97 Å². The lowest BCUT2D eigenvalue weighted by Crippen LogP contribution is -2.24. The third-order valence-corrected chi connectivity index (χ3v) is 8.45. The average molecular weight is 595 g/mol. The summed E-state index contributed by atoms with van der Waals surface area (Å²) in [6, 6.07) is 7.48. The minimum absolute atomic E-state index is 0.0795. The van der Waals surface area contributed by atoms with E-state index in [1.807, 2.05) is 0 Å². The Labute approximate surface area is 231 Å². The molecule has 4 aromatic heterocycles. The predicted molar refractivity (Wildman–Crippen MR) is 140 cm³/mol.